The van der Waals surface area contributed by atoms with Crippen molar-refractivity contribution in [2.45, 2.75) is 71.8 Å². The molecule has 1 fully saturated rings. The number of piperidine rings is 1. The van der Waals surface area contributed by atoms with E-state index in [1.54, 1.807) is 0 Å². The highest BCUT2D eigenvalue weighted by Gasteiger charge is 2.31. The van der Waals surface area contributed by atoms with Crippen molar-refractivity contribution in [1.82, 2.24) is 4.90 Å². The SMILES string of the molecule is CCCC1CCCCN1CC(CC)(CC)CS. The van der Waals surface area contributed by atoms with E-state index in [2.05, 4.69) is 38.3 Å². The first kappa shape index (κ1) is 15.4. The van der Waals surface area contributed by atoms with Crippen LogP contribution in [0.15, 0.2) is 0 Å². The van der Waals surface area contributed by atoms with Crippen LogP contribution in [0.25, 0.3) is 0 Å². The Morgan fingerprint density at radius 2 is 1.88 bits per heavy atom. The maximum atomic E-state index is 4.62. The van der Waals surface area contributed by atoms with E-state index in [0.29, 0.717) is 5.41 Å². The summed E-state index contributed by atoms with van der Waals surface area (Å²) in [7, 11) is 0. The number of hydrogen-bond donors (Lipinski definition) is 1. The number of hydrogen-bond acceptors (Lipinski definition) is 2. The lowest BCUT2D eigenvalue weighted by Gasteiger charge is -2.42. The molecular formula is C15H31NS. The second kappa shape index (κ2) is 7.68. The van der Waals surface area contributed by atoms with Gasteiger partial charge in [0.25, 0.3) is 0 Å². The largest absolute Gasteiger partial charge is 0.300 e. The van der Waals surface area contributed by atoms with E-state index >= 15 is 0 Å². The second-order valence-electron chi connectivity index (χ2n) is 5.77. The molecule has 0 aliphatic carbocycles. The molecule has 0 amide bonds. The molecule has 0 aromatic carbocycles. The zero-order chi connectivity index (χ0) is 12.7. The Hall–Kier alpha value is 0.310. The fraction of sp³-hybridized carbons (Fsp3) is 1.00. The summed E-state index contributed by atoms with van der Waals surface area (Å²) in [4.78, 5) is 2.77. The van der Waals surface area contributed by atoms with Gasteiger partial charge in [-0.3, -0.25) is 4.90 Å². The van der Waals surface area contributed by atoms with Gasteiger partial charge in [-0.1, -0.05) is 33.6 Å². The summed E-state index contributed by atoms with van der Waals surface area (Å²) in [5.74, 6) is 1.04. The Morgan fingerprint density at radius 3 is 2.41 bits per heavy atom. The van der Waals surface area contributed by atoms with Gasteiger partial charge in [-0.25, -0.2) is 0 Å². The van der Waals surface area contributed by atoms with Crippen LogP contribution in [0, 0.1) is 5.41 Å². The minimum atomic E-state index is 0.451. The van der Waals surface area contributed by atoms with Gasteiger partial charge in [-0.15, -0.1) is 0 Å². The summed E-state index contributed by atoms with van der Waals surface area (Å²) in [5.41, 5.74) is 0.451. The molecule has 1 nitrogen and oxygen atoms in total. The van der Waals surface area contributed by atoms with E-state index in [0.717, 1.165) is 11.8 Å². The van der Waals surface area contributed by atoms with Gasteiger partial charge in [0.15, 0.2) is 0 Å². The fourth-order valence-electron chi connectivity index (χ4n) is 3.11. The zero-order valence-electron chi connectivity index (χ0n) is 12.0. The molecule has 0 aromatic heterocycles. The Balaban J connectivity index is 2.61. The standard InChI is InChI=1S/C15H31NS/c1-4-9-14-10-7-8-11-16(14)12-15(5-2,6-3)13-17/h14,17H,4-13H2,1-3H3. The van der Waals surface area contributed by atoms with Crippen LogP contribution < -0.4 is 0 Å². The molecule has 1 unspecified atom stereocenters. The first-order chi connectivity index (χ1) is 8.21. The third-order valence-corrected chi connectivity index (χ3v) is 5.42. The van der Waals surface area contributed by atoms with Gasteiger partial charge >= 0.3 is 0 Å². The lowest BCUT2D eigenvalue weighted by molar-refractivity contribution is 0.0807. The lowest BCUT2D eigenvalue weighted by atomic mass is 9.82. The quantitative estimate of drug-likeness (QED) is 0.663. The van der Waals surface area contributed by atoms with Crippen molar-refractivity contribution in [1.29, 1.82) is 0 Å². The van der Waals surface area contributed by atoms with Crippen molar-refractivity contribution in [3.63, 3.8) is 0 Å². The maximum absolute atomic E-state index is 4.62. The number of thiol groups is 1. The van der Waals surface area contributed by atoms with Crippen LogP contribution in [0.4, 0.5) is 0 Å². The van der Waals surface area contributed by atoms with Gasteiger partial charge in [-0.05, 0) is 49.8 Å². The highest BCUT2D eigenvalue weighted by atomic mass is 32.1. The van der Waals surface area contributed by atoms with Crippen LogP contribution in [0.3, 0.4) is 0 Å². The highest BCUT2D eigenvalue weighted by Crippen LogP contribution is 2.32. The van der Waals surface area contributed by atoms with Crippen molar-refractivity contribution in [2.24, 2.45) is 5.41 Å². The number of likely N-dealkylation sites (tertiary alicyclic amines) is 1. The molecule has 0 bridgehead atoms. The molecule has 1 heterocycles. The Labute approximate surface area is 114 Å². The van der Waals surface area contributed by atoms with Gasteiger partial charge in [0, 0.05) is 12.6 Å². The van der Waals surface area contributed by atoms with Gasteiger partial charge in [0.2, 0.25) is 0 Å². The molecule has 1 aliphatic rings. The molecule has 0 radical (unpaired) electrons. The third kappa shape index (κ3) is 4.17. The van der Waals surface area contributed by atoms with Crippen LogP contribution in [0.5, 0.6) is 0 Å². The summed E-state index contributed by atoms with van der Waals surface area (Å²) in [6, 6.07) is 0.853. The van der Waals surface area contributed by atoms with Crippen molar-refractivity contribution < 1.29 is 0 Å². The summed E-state index contributed by atoms with van der Waals surface area (Å²) in [5, 5.41) is 0. The molecule has 1 rings (SSSR count). The van der Waals surface area contributed by atoms with Gasteiger partial charge in [-0.2, -0.15) is 12.6 Å². The van der Waals surface area contributed by atoms with Crippen LogP contribution in [0.1, 0.15) is 65.7 Å². The van der Waals surface area contributed by atoms with E-state index in [4.69, 9.17) is 0 Å². The molecule has 0 spiro atoms. The van der Waals surface area contributed by atoms with Crippen LogP contribution in [-0.4, -0.2) is 29.8 Å². The molecule has 2 heteroatoms. The first-order valence-corrected chi connectivity index (χ1v) is 8.19. The Morgan fingerprint density at radius 1 is 1.18 bits per heavy atom. The van der Waals surface area contributed by atoms with Crippen LogP contribution >= 0.6 is 12.6 Å². The van der Waals surface area contributed by atoms with E-state index in [1.165, 1.54) is 58.0 Å². The molecule has 0 N–H and O–H groups in total. The topological polar surface area (TPSA) is 3.24 Å². The molecule has 1 atom stereocenters. The smallest absolute Gasteiger partial charge is 0.00954 e. The molecule has 102 valence electrons. The summed E-state index contributed by atoms with van der Waals surface area (Å²) < 4.78 is 0. The highest BCUT2D eigenvalue weighted by molar-refractivity contribution is 7.80. The van der Waals surface area contributed by atoms with Crippen LogP contribution in [-0.2, 0) is 0 Å². The average molecular weight is 257 g/mol. The Kier molecular flexibility index (Phi) is 6.94. The molecular weight excluding hydrogens is 226 g/mol. The monoisotopic (exact) mass is 257 g/mol. The van der Waals surface area contributed by atoms with E-state index in [-0.39, 0.29) is 0 Å². The van der Waals surface area contributed by atoms with E-state index < -0.39 is 0 Å². The summed E-state index contributed by atoms with van der Waals surface area (Å²) >= 11 is 4.62. The number of nitrogens with zero attached hydrogens (tertiary/aromatic N) is 1. The van der Waals surface area contributed by atoms with Crippen molar-refractivity contribution in [3.8, 4) is 0 Å². The first-order valence-electron chi connectivity index (χ1n) is 7.56. The average Bonchev–Trinajstić information content (AvgIpc) is 2.38. The maximum Gasteiger partial charge on any atom is 0.00954 e. The van der Waals surface area contributed by atoms with Crippen molar-refractivity contribution in [3.05, 3.63) is 0 Å². The normalized spacial score (nSPS) is 22.9. The minimum absolute atomic E-state index is 0.451. The summed E-state index contributed by atoms with van der Waals surface area (Å²) in [6.07, 6.45) is 9.50. The fourth-order valence-corrected chi connectivity index (χ4v) is 3.65. The minimum Gasteiger partial charge on any atom is -0.300 e. The van der Waals surface area contributed by atoms with E-state index in [1.807, 2.05) is 0 Å². The van der Waals surface area contributed by atoms with Gasteiger partial charge < -0.3 is 0 Å². The zero-order valence-corrected chi connectivity index (χ0v) is 12.9. The van der Waals surface area contributed by atoms with Crippen LogP contribution in [0.2, 0.25) is 0 Å². The predicted molar refractivity (Wildman–Crippen MR) is 81.0 cm³/mol. The predicted octanol–water partition coefficient (Wildman–Crippen LogP) is 4.38. The third-order valence-electron chi connectivity index (χ3n) is 4.74. The molecule has 1 aliphatic heterocycles. The van der Waals surface area contributed by atoms with Gasteiger partial charge in [0.1, 0.15) is 0 Å². The second-order valence-corrected chi connectivity index (χ2v) is 6.09. The van der Waals surface area contributed by atoms with Crippen molar-refractivity contribution >= 4 is 12.6 Å². The molecule has 0 aromatic rings. The molecule has 1 saturated heterocycles. The summed E-state index contributed by atoms with van der Waals surface area (Å²) in [6.45, 7) is 9.57. The molecule has 0 saturated carbocycles. The van der Waals surface area contributed by atoms with Crippen molar-refractivity contribution in [2.75, 3.05) is 18.8 Å². The Bertz CT molecular complexity index is 191. The number of rotatable bonds is 7. The van der Waals surface area contributed by atoms with Gasteiger partial charge in [0.05, 0.1) is 0 Å². The van der Waals surface area contributed by atoms with E-state index in [9.17, 15) is 0 Å². The lowest BCUT2D eigenvalue weighted by Crippen LogP contribution is -2.46. The molecule has 17 heavy (non-hydrogen) atoms.